The molecule has 0 spiro atoms. The molecule has 0 aromatic heterocycles. The smallest absolute Gasteiger partial charge is 0.303 e. The molecular weight excluding hydrogens is 228 g/mol. The predicted octanol–water partition coefficient (Wildman–Crippen LogP) is 3.23. The van der Waals surface area contributed by atoms with Crippen LogP contribution in [0.2, 0.25) is 0 Å². The maximum absolute atomic E-state index is 12.0. The van der Waals surface area contributed by atoms with Crippen LogP contribution in [0.5, 0.6) is 0 Å². The highest BCUT2D eigenvalue weighted by molar-refractivity contribution is 6.03. The topological polar surface area (TPSA) is 54.4 Å². The van der Waals surface area contributed by atoms with Crippen molar-refractivity contribution in [1.29, 1.82) is 0 Å². The van der Waals surface area contributed by atoms with Gasteiger partial charge in [0.15, 0.2) is 5.78 Å². The summed E-state index contributed by atoms with van der Waals surface area (Å²) in [5.74, 6) is -0.848. The normalized spacial score (nSPS) is 10.4. The molecule has 0 heterocycles. The number of carboxylic acids is 1. The van der Waals surface area contributed by atoms with E-state index in [1.165, 1.54) is 0 Å². The zero-order chi connectivity index (χ0) is 13.0. The van der Waals surface area contributed by atoms with E-state index >= 15 is 0 Å². The van der Waals surface area contributed by atoms with Crippen LogP contribution in [0.15, 0.2) is 42.5 Å². The summed E-state index contributed by atoms with van der Waals surface area (Å²) in [6.07, 6.45) is 0.710. The molecule has 2 aliphatic carbocycles. The summed E-state index contributed by atoms with van der Waals surface area (Å²) in [6, 6.07) is 13.4. The van der Waals surface area contributed by atoms with Gasteiger partial charge >= 0.3 is 5.97 Å². The van der Waals surface area contributed by atoms with E-state index in [0.717, 1.165) is 11.1 Å². The quantitative estimate of drug-likeness (QED) is 0.819. The van der Waals surface area contributed by atoms with Crippen LogP contribution in [0.3, 0.4) is 0 Å². The zero-order valence-corrected chi connectivity index (χ0v) is 9.93. The van der Waals surface area contributed by atoms with Crippen LogP contribution in [0.4, 0.5) is 0 Å². The third-order valence-corrected chi connectivity index (χ3v) is 2.89. The van der Waals surface area contributed by atoms with Gasteiger partial charge in [-0.05, 0) is 17.5 Å². The summed E-state index contributed by atoms with van der Waals surface area (Å²) < 4.78 is 0. The van der Waals surface area contributed by atoms with Crippen LogP contribution < -0.4 is 0 Å². The second kappa shape index (κ2) is 5.45. The van der Waals surface area contributed by atoms with Gasteiger partial charge in [0.05, 0.1) is 0 Å². The largest absolute Gasteiger partial charge is 0.481 e. The summed E-state index contributed by atoms with van der Waals surface area (Å²) in [5.41, 5.74) is 2.65. The second-order valence-electron chi connectivity index (χ2n) is 4.20. The number of hydrogen-bond donors (Lipinski definition) is 1. The second-order valence-corrected chi connectivity index (χ2v) is 4.20. The van der Waals surface area contributed by atoms with E-state index < -0.39 is 5.97 Å². The average Bonchev–Trinajstić information content (AvgIpc) is 2.58. The van der Waals surface area contributed by atoms with Crippen molar-refractivity contribution in [3.63, 3.8) is 0 Å². The van der Waals surface area contributed by atoms with Gasteiger partial charge in [-0.3, -0.25) is 9.59 Å². The van der Waals surface area contributed by atoms with Crippen LogP contribution in [0, 0.1) is 0 Å². The third-order valence-electron chi connectivity index (χ3n) is 2.89. The van der Waals surface area contributed by atoms with Gasteiger partial charge < -0.3 is 5.11 Å². The van der Waals surface area contributed by atoms with Gasteiger partial charge in [-0.25, -0.2) is 0 Å². The van der Waals surface area contributed by atoms with Gasteiger partial charge in [0.25, 0.3) is 0 Å². The van der Waals surface area contributed by atoms with Gasteiger partial charge in [0.2, 0.25) is 0 Å². The Morgan fingerprint density at radius 1 is 0.944 bits per heavy atom. The molecule has 0 aromatic rings. The first kappa shape index (κ1) is 12.3. The first-order valence-electron chi connectivity index (χ1n) is 5.91. The van der Waals surface area contributed by atoms with Gasteiger partial charge in [0, 0.05) is 18.4 Å². The minimum absolute atomic E-state index is 0.0115. The zero-order valence-electron chi connectivity index (χ0n) is 9.93. The Morgan fingerprint density at radius 3 is 2.50 bits per heavy atom. The van der Waals surface area contributed by atoms with Crippen LogP contribution >= 0.6 is 0 Å². The Kier molecular flexibility index (Phi) is 3.72. The van der Waals surface area contributed by atoms with Crippen LogP contribution in [-0.2, 0) is 4.79 Å². The van der Waals surface area contributed by atoms with Crippen LogP contribution in [0.25, 0.3) is 11.1 Å². The van der Waals surface area contributed by atoms with Crippen LogP contribution in [-0.4, -0.2) is 16.9 Å². The first-order chi connectivity index (χ1) is 8.68. The highest BCUT2D eigenvalue weighted by Crippen LogP contribution is 2.28. The van der Waals surface area contributed by atoms with Crippen molar-refractivity contribution >= 4 is 11.8 Å². The Hall–Kier alpha value is -2.16. The SMILES string of the molecule is O=C(O)CCCC(=O)c1ccc2cccccc1-2. The number of carbonyl (C=O) groups is 2. The molecule has 18 heavy (non-hydrogen) atoms. The lowest BCUT2D eigenvalue weighted by molar-refractivity contribution is -0.137. The standard InChI is InChI=1S/C15H14O3/c16-14(7-4-8-15(17)18)13-10-9-11-5-2-1-3-6-12(11)13/h1-3,5-6,9-10H,4,7-8H2,(H,17,18). The fourth-order valence-corrected chi connectivity index (χ4v) is 1.99. The highest BCUT2D eigenvalue weighted by Gasteiger charge is 2.14. The summed E-state index contributed by atoms with van der Waals surface area (Å²) in [7, 11) is 0. The molecule has 2 aliphatic rings. The summed E-state index contributed by atoms with van der Waals surface area (Å²) >= 11 is 0. The van der Waals surface area contributed by atoms with E-state index in [0.29, 0.717) is 12.0 Å². The Balaban J connectivity index is 2.13. The number of Topliss-reactive ketones (excluding diaryl/α,β-unsaturated/α-hetero) is 1. The number of carbonyl (C=O) groups excluding carboxylic acids is 1. The fourth-order valence-electron chi connectivity index (χ4n) is 1.99. The molecule has 0 unspecified atom stereocenters. The molecule has 0 fully saturated rings. The summed E-state index contributed by atoms with van der Waals surface area (Å²) in [5, 5.41) is 8.55. The van der Waals surface area contributed by atoms with E-state index in [2.05, 4.69) is 0 Å². The maximum atomic E-state index is 12.0. The molecule has 92 valence electrons. The summed E-state index contributed by atoms with van der Waals surface area (Å²) in [4.78, 5) is 22.4. The minimum atomic E-state index is -0.860. The molecule has 0 amide bonds. The van der Waals surface area contributed by atoms with Crippen molar-refractivity contribution < 1.29 is 14.7 Å². The molecule has 0 aliphatic heterocycles. The highest BCUT2D eigenvalue weighted by atomic mass is 16.4. The van der Waals surface area contributed by atoms with E-state index in [1.807, 2.05) is 42.5 Å². The van der Waals surface area contributed by atoms with Crippen LogP contribution in [0.1, 0.15) is 29.6 Å². The molecule has 0 saturated heterocycles. The Bertz CT molecular complexity index is 545. The molecule has 1 N–H and O–H groups in total. The van der Waals surface area contributed by atoms with Gasteiger partial charge in [-0.2, -0.15) is 0 Å². The maximum Gasteiger partial charge on any atom is 0.303 e. The lowest BCUT2D eigenvalue weighted by Gasteiger charge is -2.00. The Morgan fingerprint density at radius 2 is 1.72 bits per heavy atom. The molecule has 3 heteroatoms. The predicted molar refractivity (Wildman–Crippen MR) is 68.9 cm³/mol. The fraction of sp³-hybridized carbons (Fsp3) is 0.200. The molecule has 0 bridgehead atoms. The lowest BCUT2D eigenvalue weighted by Crippen LogP contribution is -2.01. The molecule has 0 saturated carbocycles. The Labute approximate surface area is 105 Å². The number of fused-ring (bicyclic) bond motifs is 1. The van der Waals surface area contributed by atoms with Crippen molar-refractivity contribution in [2.45, 2.75) is 19.3 Å². The van der Waals surface area contributed by atoms with Gasteiger partial charge in [-0.1, -0.05) is 42.5 Å². The number of rotatable bonds is 5. The third kappa shape index (κ3) is 2.74. The minimum Gasteiger partial charge on any atom is -0.481 e. The van der Waals surface area contributed by atoms with Crippen molar-refractivity contribution in [3.05, 3.63) is 48.0 Å². The summed E-state index contributed by atoms with van der Waals surface area (Å²) in [6.45, 7) is 0. The van der Waals surface area contributed by atoms with E-state index in [1.54, 1.807) is 0 Å². The van der Waals surface area contributed by atoms with E-state index in [4.69, 9.17) is 5.11 Å². The van der Waals surface area contributed by atoms with E-state index in [-0.39, 0.29) is 18.6 Å². The van der Waals surface area contributed by atoms with Gasteiger partial charge in [-0.15, -0.1) is 0 Å². The lowest BCUT2D eigenvalue weighted by atomic mass is 10.0. The molecule has 0 radical (unpaired) electrons. The number of hydrogen-bond acceptors (Lipinski definition) is 2. The average molecular weight is 242 g/mol. The van der Waals surface area contributed by atoms with Crippen molar-refractivity contribution in [3.8, 4) is 11.1 Å². The monoisotopic (exact) mass is 242 g/mol. The van der Waals surface area contributed by atoms with E-state index in [9.17, 15) is 9.59 Å². The molecule has 3 nitrogen and oxygen atoms in total. The van der Waals surface area contributed by atoms with Crippen molar-refractivity contribution in [2.75, 3.05) is 0 Å². The van der Waals surface area contributed by atoms with Crippen molar-refractivity contribution in [1.82, 2.24) is 0 Å². The molecule has 0 aromatic carbocycles. The molecule has 2 rings (SSSR count). The number of carboxylic acid groups (broad SMARTS) is 1. The number of aliphatic carboxylic acids is 1. The first-order valence-corrected chi connectivity index (χ1v) is 5.91. The molecule has 0 atom stereocenters. The molecular formula is C15H14O3. The number of ketones is 1. The van der Waals surface area contributed by atoms with Gasteiger partial charge in [0.1, 0.15) is 0 Å². The van der Waals surface area contributed by atoms with Crippen molar-refractivity contribution in [2.24, 2.45) is 0 Å².